The van der Waals surface area contributed by atoms with Crippen LogP contribution in [-0.2, 0) is 11.3 Å². The number of rotatable bonds is 4. The van der Waals surface area contributed by atoms with Crippen molar-refractivity contribution >= 4 is 5.78 Å². The van der Waals surface area contributed by atoms with Gasteiger partial charge in [0.05, 0.1) is 11.3 Å². The first-order chi connectivity index (χ1) is 17.2. The number of halogens is 1. The molecule has 4 saturated carbocycles. The van der Waals surface area contributed by atoms with Crippen LogP contribution < -0.4 is 5.69 Å². The highest BCUT2D eigenvalue weighted by atomic mass is 19.1. The minimum absolute atomic E-state index is 0.0260. The van der Waals surface area contributed by atoms with Crippen molar-refractivity contribution in [1.82, 2.24) is 19.8 Å². The predicted molar refractivity (Wildman–Crippen MR) is 132 cm³/mol. The molecule has 1 heterocycles. The van der Waals surface area contributed by atoms with Gasteiger partial charge in [0, 0.05) is 5.92 Å². The number of tetrazole rings is 1. The first kappa shape index (κ1) is 24.0. The lowest BCUT2D eigenvalue weighted by Gasteiger charge is -2.56. The van der Waals surface area contributed by atoms with Gasteiger partial charge in [-0.1, -0.05) is 6.92 Å². The van der Waals surface area contributed by atoms with E-state index in [-0.39, 0.29) is 23.7 Å². The fourth-order valence-electron chi connectivity index (χ4n) is 8.99. The maximum atomic E-state index is 13.6. The van der Waals surface area contributed by atoms with Crippen LogP contribution in [0.15, 0.2) is 29.1 Å². The molecule has 0 spiro atoms. The van der Waals surface area contributed by atoms with Gasteiger partial charge in [0.15, 0.2) is 5.78 Å². The number of benzene rings is 1. The lowest BCUT2D eigenvalue weighted by atomic mass is 9.49. The molecule has 6 rings (SSSR count). The Morgan fingerprint density at radius 2 is 1.75 bits per heavy atom. The summed E-state index contributed by atoms with van der Waals surface area (Å²) in [7, 11) is 0. The topological polar surface area (TPSA) is 90.0 Å². The highest BCUT2D eigenvalue weighted by Gasteiger charge is 2.58. The van der Waals surface area contributed by atoms with Crippen LogP contribution in [0.3, 0.4) is 0 Å². The maximum Gasteiger partial charge on any atom is 0.368 e. The summed E-state index contributed by atoms with van der Waals surface area (Å²) in [4.78, 5) is 26.4. The van der Waals surface area contributed by atoms with E-state index in [0.29, 0.717) is 23.4 Å². The molecule has 7 nitrogen and oxygen atoms in total. The van der Waals surface area contributed by atoms with Crippen molar-refractivity contribution in [2.75, 3.05) is 0 Å². The highest BCUT2D eigenvalue weighted by molar-refractivity contribution is 5.82. The number of carbonyl (C=O) groups is 1. The third kappa shape index (κ3) is 3.87. The summed E-state index contributed by atoms with van der Waals surface area (Å²) in [5, 5.41) is 18.5. The van der Waals surface area contributed by atoms with E-state index in [9.17, 15) is 19.1 Å². The fourth-order valence-corrected chi connectivity index (χ4v) is 8.99. The zero-order valence-electron chi connectivity index (χ0n) is 21.3. The number of aromatic nitrogens is 4. The molecule has 4 fully saturated rings. The number of aliphatic hydroxyl groups is 1. The predicted octanol–water partition coefficient (Wildman–Crippen LogP) is 4.16. The molecule has 36 heavy (non-hydrogen) atoms. The largest absolute Gasteiger partial charge is 0.390 e. The monoisotopic (exact) mass is 496 g/mol. The molecule has 194 valence electrons. The van der Waals surface area contributed by atoms with E-state index < -0.39 is 17.1 Å². The smallest absolute Gasteiger partial charge is 0.368 e. The zero-order valence-corrected chi connectivity index (χ0v) is 21.3. The van der Waals surface area contributed by atoms with Crippen molar-refractivity contribution in [3.05, 3.63) is 40.6 Å². The van der Waals surface area contributed by atoms with Crippen LogP contribution in [0.4, 0.5) is 4.39 Å². The molecule has 0 radical (unpaired) electrons. The van der Waals surface area contributed by atoms with Gasteiger partial charge in [-0.3, -0.25) is 4.79 Å². The van der Waals surface area contributed by atoms with Gasteiger partial charge in [0.1, 0.15) is 12.4 Å². The first-order valence-electron chi connectivity index (χ1n) is 13.7. The van der Waals surface area contributed by atoms with Gasteiger partial charge in [-0.25, -0.2) is 9.18 Å². The van der Waals surface area contributed by atoms with Crippen LogP contribution in [-0.4, -0.2) is 36.3 Å². The summed E-state index contributed by atoms with van der Waals surface area (Å²) in [6.45, 7) is 4.25. The Balaban J connectivity index is 1.17. The van der Waals surface area contributed by atoms with Crippen LogP contribution in [0.2, 0.25) is 0 Å². The Bertz CT molecular complexity index is 1200. The molecule has 0 amide bonds. The SMILES string of the molecule is C[C@@]1(O)CC[C@H]2[C@H](CC[C@@H]3[C@@H]2CC[C@]2(C)[C@@H](C(=O)Cn4nnn(-c5ccc(F)cc5)c4=O)CC[C@@H]32)C1. The standard InChI is InChI=1S/C28H37FN4O3/c1-27(36)13-11-20-17(15-27)3-8-22-21(20)12-14-28(2)23(22)9-10-24(28)25(34)16-32-26(35)33(31-30-32)19-6-4-18(29)5-7-19/h4-7,17,20-24,36H,3,8-16H2,1-2H3/t17-,20+,21-,22-,23+,24-,27-,28+/m1/s1. The molecule has 1 aromatic heterocycles. The van der Waals surface area contributed by atoms with E-state index in [2.05, 4.69) is 17.4 Å². The summed E-state index contributed by atoms with van der Waals surface area (Å²) in [6.07, 6.45) is 9.61. The summed E-state index contributed by atoms with van der Waals surface area (Å²) in [5.41, 5.74) is -0.587. The zero-order chi connectivity index (χ0) is 25.2. The Morgan fingerprint density at radius 1 is 1.00 bits per heavy atom. The van der Waals surface area contributed by atoms with E-state index in [1.165, 1.54) is 43.5 Å². The van der Waals surface area contributed by atoms with Crippen molar-refractivity contribution in [3.63, 3.8) is 0 Å². The van der Waals surface area contributed by atoms with Crippen molar-refractivity contribution < 1.29 is 14.3 Å². The first-order valence-corrected chi connectivity index (χ1v) is 13.7. The van der Waals surface area contributed by atoms with Crippen LogP contribution in [0.25, 0.3) is 5.69 Å². The average Bonchev–Trinajstić information content (AvgIpc) is 3.38. The van der Waals surface area contributed by atoms with Crippen LogP contribution in [0.1, 0.15) is 71.6 Å². The van der Waals surface area contributed by atoms with E-state index in [1.54, 1.807) is 0 Å². The van der Waals surface area contributed by atoms with Gasteiger partial charge in [-0.15, -0.1) is 0 Å². The molecule has 8 atom stereocenters. The number of hydrogen-bond donors (Lipinski definition) is 1. The summed E-state index contributed by atoms with van der Waals surface area (Å²) >= 11 is 0. The van der Waals surface area contributed by atoms with Gasteiger partial charge in [0.25, 0.3) is 0 Å². The molecular weight excluding hydrogens is 459 g/mol. The minimum atomic E-state index is -0.501. The minimum Gasteiger partial charge on any atom is -0.390 e. The van der Waals surface area contributed by atoms with Crippen molar-refractivity contribution in [3.8, 4) is 5.69 Å². The number of ketones is 1. The highest BCUT2D eigenvalue weighted by Crippen LogP contribution is 2.64. The Kier molecular flexibility index (Phi) is 5.74. The third-order valence-corrected chi connectivity index (χ3v) is 10.6. The molecule has 8 heteroatoms. The van der Waals surface area contributed by atoms with Crippen LogP contribution in [0.5, 0.6) is 0 Å². The Morgan fingerprint density at radius 3 is 2.53 bits per heavy atom. The average molecular weight is 497 g/mol. The van der Waals surface area contributed by atoms with E-state index in [1.807, 2.05) is 6.92 Å². The van der Waals surface area contributed by atoms with E-state index >= 15 is 0 Å². The maximum absolute atomic E-state index is 13.6. The molecule has 4 aliphatic carbocycles. The molecule has 0 bridgehead atoms. The van der Waals surface area contributed by atoms with E-state index in [4.69, 9.17) is 0 Å². The van der Waals surface area contributed by atoms with Crippen LogP contribution in [0, 0.1) is 46.7 Å². The van der Waals surface area contributed by atoms with Crippen molar-refractivity contribution in [2.24, 2.45) is 40.9 Å². The van der Waals surface area contributed by atoms with Gasteiger partial charge in [0.2, 0.25) is 0 Å². The van der Waals surface area contributed by atoms with Crippen molar-refractivity contribution in [1.29, 1.82) is 0 Å². The lowest BCUT2D eigenvalue weighted by molar-refractivity contribution is -0.133. The number of carbonyl (C=O) groups excluding carboxylic acids is 1. The Labute approximate surface area is 211 Å². The quantitative estimate of drug-likeness (QED) is 0.687. The fraction of sp³-hybridized carbons (Fsp3) is 0.714. The van der Waals surface area contributed by atoms with Gasteiger partial charge < -0.3 is 5.11 Å². The second-order valence-corrected chi connectivity index (χ2v) is 12.6. The second-order valence-electron chi connectivity index (χ2n) is 12.6. The molecule has 0 unspecified atom stereocenters. The lowest BCUT2D eigenvalue weighted by Crippen LogP contribution is -2.51. The van der Waals surface area contributed by atoms with Gasteiger partial charge in [-0.2, -0.15) is 9.36 Å². The Hall–Kier alpha value is -2.35. The van der Waals surface area contributed by atoms with Gasteiger partial charge in [-0.05, 0) is 134 Å². The second kappa shape index (κ2) is 8.61. The van der Waals surface area contributed by atoms with E-state index in [0.717, 1.165) is 59.7 Å². The number of Topliss-reactive ketones (excluding diaryl/α,β-unsaturated/α-hetero) is 1. The summed E-state index contributed by atoms with van der Waals surface area (Å²) in [5.74, 6) is 2.96. The molecule has 1 aromatic carbocycles. The molecular formula is C28H37FN4O3. The normalized spacial score (nSPS) is 39.8. The number of fused-ring (bicyclic) bond motifs is 5. The summed E-state index contributed by atoms with van der Waals surface area (Å²) in [6, 6.07) is 5.48. The number of hydrogen-bond acceptors (Lipinski definition) is 5. The summed E-state index contributed by atoms with van der Waals surface area (Å²) < 4.78 is 15.5. The van der Waals surface area contributed by atoms with Crippen molar-refractivity contribution in [2.45, 2.75) is 83.8 Å². The van der Waals surface area contributed by atoms with Gasteiger partial charge >= 0.3 is 5.69 Å². The molecule has 0 saturated heterocycles. The van der Waals surface area contributed by atoms with Crippen LogP contribution >= 0.6 is 0 Å². The molecule has 1 N–H and O–H groups in total. The molecule has 2 aromatic rings. The molecule has 0 aliphatic heterocycles. The molecule has 4 aliphatic rings. The third-order valence-electron chi connectivity index (χ3n) is 10.6. The number of nitrogens with zero attached hydrogens (tertiary/aromatic N) is 4.